The second kappa shape index (κ2) is 8.81. The van der Waals surface area contributed by atoms with Crippen LogP contribution in [0.5, 0.6) is 11.5 Å². The van der Waals surface area contributed by atoms with Crippen LogP contribution in [-0.2, 0) is 6.54 Å². The molecule has 0 spiro atoms. The normalized spacial score (nSPS) is 14.4. The van der Waals surface area contributed by atoms with Crippen molar-refractivity contribution in [3.8, 4) is 11.5 Å². The summed E-state index contributed by atoms with van der Waals surface area (Å²) in [6.45, 7) is -0.0621. The smallest absolute Gasteiger partial charge is 0.387 e. The molecule has 0 bridgehead atoms. The molecular formula is C20H22F2N2O3. The number of hydrogen-bond donors (Lipinski definition) is 1. The number of nitrogens with zero attached hydrogens (tertiary/aromatic N) is 1. The highest BCUT2D eigenvalue weighted by Crippen LogP contribution is 2.30. The molecular weight excluding hydrogens is 354 g/mol. The van der Waals surface area contributed by atoms with Crippen LogP contribution in [0.2, 0.25) is 0 Å². The number of alkyl halides is 2. The van der Waals surface area contributed by atoms with Gasteiger partial charge < -0.3 is 14.8 Å². The summed E-state index contributed by atoms with van der Waals surface area (Å²) >= 11 is 0. The zero-order chi connectivity index (χ0) is 19.2. The van der Waals surface area contributed by atoms with Gasteiger partial charge >= 0.3 is 6.61 Å². The molecule has 27 heavy (non-hydrogen) atoms. The average molecular weight is 376 g/mol. The number of benzene rings is 2. The largest absolute Gasteiger partial charge is 0.493 e. The number of anilines is 1. The summed E-state index contributed by atoms with van der Waals surface area (Å²) in [5.41, 5.74) is 2.07. The number of methoxy groups -OCH3 is 1. The van der Waals surface area contributed by atoms with Crippen molar-refractivity contribution in [2.24, 2.45) is 0 Å². The number of hydrogen-bond acceptors (Lipinski definition) is 4. The summed E-state index contributed by atoms with van der Waals surface area (Å²) in [5.74, 6) is -0.377. The Morgan fingerprint density at radius 2 is 1.89 bits per heavy atom. The van der Waals surface area contributed by atoms with E-state index in [0.717, 1.165) is 30.9 Å². The van der Waals surface area contributed by atoms with Crippen molar-refractivity contribution in [1.29, 1.82) is 0 Å². The molecule has 1 N–H and O–H groups in total. The van der Waals surface area contributed by atoms with Crippen molar-refractivity contribution < 1.29 is 23.0 Å². The first-order valence-corrected chi connectivity index (χ1v) is 8.81. The van der Waals surface area contributed by atoms with Crippen LogP contribution in [0, 0.1) is 0 Å². The fourth-order valence-corrected chi connectivity index (χ4v) is 3.16. The van der Waals surface area contributed by atoms with Crippen molar-refractivity contribution in [3.63, 3.8) is 0 Å². The second-order valence-electron chi connectivity index (χ2n) is 6.34. The predicted molar refractivity (Wildman–Crippen MR) is 98.5 cm³/mol. The summed E-state index contributed by atoms with van der Waals surface area (Å²) in [5, 5.41) is 2.90. The molecule has 0 atom stereocenters. The standard InChI is InChI=1S/C20H22F2N2O3/c1-26-18-12-14(8-9-17(18)27-20(21)22)19(25)23-16-7-3-2-6-15(16)13-24-10-4-5-11-24/h2-3,6-9,12,20H,4-5,10-11,13H2,1H3,(H,23,25). The zero-order valence-electron chi connectivity index (χ0n) is 15.1. The maximum Gasteiger partial charge on any atom is 0.387 e. The number of rotatable bonds is 7. The highest BCUT2D eigenvalue weighted by Gasteiger charge is 2.17. The Morgan fingerprint density at radius 3 is 2.59 bits per heavy atom. The summed E-state index contributed by atoms with van der Waals surface area (Å²) in [4.78, 5) is 15.0. The summed E-state index contributed by atoms with van der Waals surface area (Å²) in [6.07, 6.45) is 2.39. The first kappa shape index (κ1) is 19.1. The Morgan fingerprint density at radius 1 is 1.15 bits per heavy atom. The van der Waals surface area contributed by atoms with Crippen molar-refractivity contribution >= 4 is 11.6 Å². The fourth-order valence-electron chi connectivity index (χ4n) is 3.16. The quantitative estimate of drug-likeness (QED) is 0.789. The Hall–Kier alpha value is -2.67. The van der Waals surface area contributed by atoms with Crippen molar-refractivity contribution in [3.05, 3.63) is 53.6 Å². The lowest BCUT2D eigenvalue weighted by atomic mass is 10.1. The molecule has 2 aromatic rings. The van der Waals surface area contributed by atoms with Gasteiger partial charge in [-0.15, -0.1) is 0 Å². The molecule has 1 saturated heterocycles. The molecule has 0 unspecified atom stereocenters. The van der Waals surface area contributed by atoms with E-state index in [-0.39, 0.29) is 17.4 Å². The van der Waals surface area contributed by atoms with Gasteiger partial charge in [0.05, 0.1) is 7.11 Å². The molecule has 0 aliphatic carbocycles. The number of carbonyl (C=O) groups excluding carboxylic acids is 1. The van der Waals surface area contributed by atoms with E-state index in [2.05, 4.69) is 15.0 Å². The number of carbonyl (C=O) groups is 1. The van der Waals surface area contributed by atoms with Gasteiger partial charge in [0.2, 0.25) is 0 Å². The van der Waals surface area contributed by atoms with Crippen LogP contribution in [0.1, 0.15) is 28.8 Å². The van der Waals surface area contributed by atoms with Crippen LogP contribution in [-0.4, -0.2) is 37.6 Å². The highest BCUT2D eigenvalue weighted by atomic mass is 19.3. The molecule has 0 saturated carbocycles. The van der Waals surface area contributed by atoms with Gasteiger partial charge in [0.25, 0.3) is 5.91 Å². The molecule has 1 fully saturated rings. The Labute approximate surface area is 156 Å². The lowest BCUT2D eigenvalue weighted by Crippen LogP contribution is -2.20. The minimum Gasteiger partial charge on any atom is -0.493 e. The minimum absolute atomic E-state index is 0.0771. The second-order valence-corrected chi connectivity index (χ2v) is 6.34. The SMILES string of the molecule is COc1cc(C(=O)Nc2ccccc2CN2CCCC2)ccc1OC(F)F. The molecule has 1 aliphatic heterocycles. The summed E-state index contributed by atoms with van der Waals surface area (Å²) < 4.78 is 34.3. The van der Waals surface area contributed by atoms with Crippen LogP contribution in [0.4, 0.5) is 14.5 Å². The van der Waals surface area contributed by atoms with Crippen molar-refractivity contribution in [2.45, 2.75) is 26.0 Å². The van der Waals surface area contributed by atoms with Gasteiger partial charge in [0, 0.05) is 17.8 Å². The Kier molecular flexibility index (Phi) is 6.24. The number of amides is 1. The molecule has 7 heteroatoms. The van der Waals surface area contributed by atoms with Crippen LogP contribution < -0.4 is 14.8 Å². The van der Waals surface area contributed by atoms with Crippen LogP contribution in [0.15, 0.2) is 42.5 Å². The van der Waals surface area contributed by atoms with E-state index in [1.165, 1.54) is 38.2 Å². The molecule has 1 heterocycles. The first-order valence-electron chi connectivity index (χ1n) is 8.81. The van der Waals surface area contributed by atoms with Crippen LogP contribution >= 0.6 is 0 Å². The van der Waals surface area contributed by atoms with Crippen molar-refractivity contribution in [1.82, 2.24) is 4.90 Å². The third kappa shape index (κ3) is 4.95. The predicted octanol–water partition coefficient (Wildman–Crippen LogP) is 4.14. The lowest BCUT2D eigenvalue weighted by Gasteiger charge is -2.18. The van der Waals surface area contributed by atoms with E-state index in [1.807, 2.05) is 24.3 Å². The number of nitrogens with one attached hydrogen (secondary N) is 1. The fraction of sp³-hybridized carbons (Fsp3) is 0.350. The van der Waals surface area contributed by atoms with Gasteiger partial charge in [0.1, 0.15) is 0 Å². The highest BCUT2D eigenvalue weighted by molar-refractivity contribution is 6.05. The van der Waals surface area contributed by atoms with Gasteiger partial charge in [-0.25, -0.2) is 0 Å². The number of likely N-dealkylation sites (tertiary alicyclic amines) is 1. The molecule has 144 valence electrons. The molecule has 1 aliphatic rings. The third-order valence-corrected chi connectivity index (χ3v) is 4.50. The van der Waals surface area contributed by atoms with E-state index in [0.29, 0.717) is 5.56 Å². The number of halogens is 2. The first-order chi connectivity index (χ1) is 13.1. The van der Waals surface area contributed by atoms with Gasteiger partial charge in [-0.05, 0) is 55.8 Å². The zero-order valence-corrected chi connectivity index (χ0v) is 15.1. The average Bonchev–Trinajstić information content (AvgIpc) is 3.16. The molecule has 1 amide bonds. The van der Waals surface area contributed by atoms with E-state index >= 15 is 0 Å². The minimum atomic E-state index is -2.96. The molecule has 2 aromatic carbocycles. The Balaban J connectivity index is 1.75. The van der Waals surface area contributed by atoms with Crippen LogP contribution in [0.3, 0.4) is 0 Å². The lowest BCUT2D eigenvalue weighted by molar-refractivity contribution is -0.0512. The molecule has 0 aromatic heterocycles. The van der Waals surface area contributed by atoms with Crippen LogP contribution in [0.25, 0.3) is 0 Å². The monoisotopic (exact) mass is 376 g/mol. The van der Waals surface area contributed by atoms with E-state index < -0.39 is 6.61 Å². The molecule has 0 radical (unpaired) electrons. The van der Waals surface area contributed by atoms with Gasteiger partial charge in [-0.1, -0.05) is 18.2 Å². The van der Waals surface area contributed by atoms with E-state index in [4.69, 9.17) is 4.74 Å². The topological polar surface area (TPSA) is 50.8 Å². The third-order valence-electron chi connectivity index (χ3n) is 4.50. The maximum atomic E-state index is 12.6. The van der Waals surface area contributed by atoms with Gasteiger partial charge in [-0.3, -0.25) is 9.69 Å². The van der Waals surface area contributed by atoms with E-state index in [9.17, 15) is 13.6 Å². The molecule has 3 rings (SSSR count). The summed E-state index contributed by atoms with van der Waals surface area (Å²) in [6, 6.07) is 11.8. The van der Waals surface area contributed by atoms with Gasteiger partial charge in [-0.2, -0.15) is 8.78 Å². The van der Waals surface area contributed by atoms with Crippen molar-refractivity contribution in [2.75, 3.05) is 25.5 Å². The summed E-state index contributed by atoms with van der Waals surface area (Å²) in [7, 11) is 1.33. The van der Waals surface area contributed by atoms with Gasteiger partial charge in [0.15, 0.2) is 11.5 Å². The molecule has 5 nitrogen and oxygen atoms in total. The number of para-hydroxylation sites is 1. The number of ether oxygens (including phenoxy) is 2. The maximum absolute atomic E-state index is 12.6. The Bertz CT molecular complexity index is 793. The van der Waals surface area contributed by atoms with E-state index in [1.54, 1.807) is 0 Å².